The second kappa shape index (κ2) is 5.32. The minimum atomic E-state index is -0.584. The molecule has 1 N–H and O–H groups in total. The molecule has 1 aliphatic rings. The second-order valence-corrected chi connectivity index (χ2v) is 4.02. The quantitative estimate of drug-likeness (QED) is 0.775. The van der Waals surface area contributed by atoms with Gasteiger partial charge in [0.15, 0.2) is 0 Å². The molecule has 2 rings (SSSR count). The van der Waals surface area contributed by atoms with E-state index in [2.05, 4.69) is 6.92 Å². The average Bonchev–Trinajstić information content (AvgIpc) is 2.76. The first kappa shape index (κ1) is 11.4. The summed E-state index contributed by atoms with van der Waals surface area (Å²) in [5.74, 6) is 0.857. The minimum absolute atomic E-state index is 0.341. The van der Waals surface area contributed by atoms with Crippen molar-refractivity contribution in [2.75, 3.05) is 19.8 Å². The summed E-state index contributed by atoms with van der Waals surface area (Å²) >= 11 is 0. The van der Waals surface area contributed by atoms with Crippen LogP contribution in [0.3, 0.4) is 0 Å². The number of para-hydroxylation sites is 1. The van der Waals surface area contributed by atoms with Gasteiger partial charge in [-0.15, -0.1) is 0 Å². The third-order valence-corrected chi connectivity index (χ3v) is 2.73. The van der Waals surface area contributed by atoms with Crippen LogP contribution in [0.5, 0.6) is 5.75 Å². The van der Waals surface area contributed by atoms with E-state index in [1.165, 1.54) is 5.56 Å². The molecule has 0 aromatic heterocycles. The highest BCUT2D eigenvalue weighted by molar-refractivity contribution is 5.45. The number of aliphatic hydroxyl groups excluding tert-OH is 1. The van der Waals surface area contributed by atoms with Crippen LogP contribution in [0.25, 0.3) is 0 Å². The minimum Gasteiger partial charge on any atom is -0.493 e. The lowest BCUT2D eigenvalue weighted by atomic mass is 10.0. The molecular formula is C13H18O3. The molecule has 1 atom stereocenters. The summed E-state index contributed by atoms with van der Waals surface area (Å²) in [5, 5.41) is 10.0. The van der Waals surface area contributed by atoms with Gasteiger partial charge >= 0.3 is 0 Å². The van der Waals surface area contributed by atoms with Gasteiger partial charge < -0.3 is 14.6 Å². The molecular weight excluding hydrogens is 204 g/mol. The van der Waals surface area contributed by atoms with Crippen molar-refractivity contribution in [2.24, 2.45) is 0 Å². The van der Waals surface area contributed by atoms with E-state index >= 15 is 0 Å². The Labute approximate surface area is 96.0 Å². The van der Waals surface area contributed by atoms with E-state index in [0.29, 0.717) is 13.2 Å². The van der Waals surface area contributed by atoms with Gasteiger partial charge in [-0.05, 0) is 12.0 Å². The highest BCUT2D eigenvalue weighted by atomic mass is 16.5. The molecule has 1 heterocycles. The van der Waals surface area contributed by atoms with Gasteiger partial charge in [-0.3, -0.25) is 0 Å². The summed E-state index contributed by atoms with van der Waals surface area (Å²) in [6, 6.07) is 5.92. The first-order valence-corrected chi connectivity index (χ1v) is 5.83. The average molecular weight is 222 g/mol. The van der Waals surface area contributed by atoms with Gasteiger partial charge in [0, 0.05) is 18.6 Å². The molecule has 3 nitrogen and oxygen atoms in total. The molecule has 0 fully saturated rings. The van der Waals surface area contributed by atoms with Crippen molar-refractivity contribution < 1.29 is 14.6 Å². The van der Waals surface area contributed by atoms with Crippen LogP contribution < -0.4 is 4.74 Å². The molecule has 0 bridgehead atoms. The molecule has 0 radical (unpaired) electrons. The van der Waals surface area contributed by atoms with E-state index < -0.39 is 6.10 Å². The summed E-state index contributed by atoms with van der Waals surface area (Å²) in [6.45, 7) is 3.80. The molecule has 0 spiro atoms. The predicted molar refractivity (Wildman–Crippen MR) is 61.7 cm³/mol. The zero-order valence-electron chi connectivity index (χ0n) is 9.61. The van der Waals surface area contributed by atoms with Crippen LogP contribution in [0.1, 0.15) is 30.6 Å². The van der Waals surface area contributed by atoms with Crippen LogP contribution in [0.2, 0.25) is 0 Å². The molecule has 0 saturated carbocycles. The monoisotopic (exact) mass is 222 g/mol. The lowest BCUT2D eigenvalue weighted by molar-refractivity contribution is 0.0352. The molecule has 3 heteroatoms. The zero-order valence-corrected chi connectivity index (χ0v) is 9.61. The molecule has 16 heavy (non-hydrogen) atoms. The van der Waals surface area contributed by atoms with Crippen molar-refractivity contribution >= 4 is 0 Å². The van der Waals surface area contributed by atoms with E-state index in [1.54, 1.807) is 0 Å². The molecule has 0 saturated heterocycles. The molecule has 1 aromatic rings. The summed E-state index contributed by atoms with van der Waals surface area (Å²) in [7, 11) is 0. The number of fused-ring (bicyclic) bond motifs is 1. The van der Waals surface area contributed by atoms with Gasteiger partial charge in [-0.1, -0.05) is 25.1 Å². The lowest BCUT2D eigenvalue weighted by Crippen LogP contribution is -2.09. The van der Waals surface area contributed by atoms with Crippen LogP contribution in [0, 0.1) is 0 Å². The molecule has 88 valence electrons. The Kier molecular flexibility index (Phi) is 3.80. The Morgan fingerprint density at radius 2 is 2.38 bits per heavy atom. The number of rotatable bonds is 5. The van der Waals surface area contributed by atoms with Gasteiger partial charge in [0.2, 0.25) is 0 Å². The predicted octanol–water partition coefficient (Wildman–Crippen LogP) is 2.08. The third-order valence-electron chi connectivity index (χ3n) is 2.73. The molecule has 1 unspecified atom stereocenters. The van der Waals surface area contributed by atoms with Crippen LogP contribution in [-0.2, 0) is 11.2 Å². The molecule has 0 aliphatic carbocycles. The Morgan fingerprint density at radius 3 is 3.19 bits per heavy atom. The Balaban J connectivity index is 2.05. The first-order chi connectivity index (χ1) is 7.83. The fourth-order valence-corrected chi connectivity index (χ4v) is 1.93. The number of hydrogen-bond donors (Lipinski definition) is 1. The van der Waals surface area contributed by atoms with Crippen molar-refractivity contribution in [1.82, 2.24) is 0 Å². The Bertz CT molecular complexity index is 349. The van der Waals surface area contributed by atoms with Crippen LogP contribution >= 0.6 is 0 Å². The van der Waals surface area contributed by atoms with Crippen molar-refractivity contribution in [1.29, 1.82) is 0 Å². The van der Waals surface area contributed by atoms with Crippen LogP contribution in [0.4, 0.5) is 0 Å². The van der Waals surface area contributed by atoms with Crippen LogP contribution in [-0.4, -0.2) is 24.9 Å². The van der Waals surface area contributed by atoms with E-state index in [9.17, 15) is 5.11 Å². The highest BCUT2D eigenvalue weighted by Crippen LogP contribution is 2.33. The summed E-state index contributed by atoms with van der Waals surface area (Å²) in [5.41, 5.74) is 2.04. The van der Waals surface area contributed by atoms with E-state index in [4.69, 9.17) is 9.47 Å². The standard InChI is InChI=1S/C13H18O3/c1-2-7-15-9-12(14)11-5-3-4-10-6-8-16-13(10)11/h3-5,12,14H,2,6-9H2,1H3. The van der Waals surface area contributed by atoms with Crippen LogP contribution in [0.15, 0.2) is 18.2 Å². The van der Waals surface area contributed by atoms with E-state index in [-0.39, 0.29) is 0 Å². The van der Waals surface area contributed by atoms with E-state index in [1.807, 2.05) is 18.2 Å². The molecule has 1 aliphatic heterocycles. The number of ether oxygens (including phenoxy) is 2. The molecule has 1 aromatic carbocycles. The van der Waals surface area contributed by atoms with Gasteiger partial charge in [-0.25, -0.2) is 0 Å². The maximum absolute atomic E-state index is 10.0. The first-order valence-electron chi connectivity index (χ1n) is 5.83. The Morgan fingerprint density at radius 1 is 1.50 bits per heavy atom. The maximum Gasteiger partial charge on any atom is 0.128 e. The van der Waals surface area contributed by atoms with Gasteiger partial charge in [0.25, 0.3) is 0 Å². The summed E-state index contributed by atoms with van der Waals surface area (Å²) in [4.78, 5) is 0. The van der Waals surface area contributed by atoms with Gasteiger partial charge in [0.1, 0.15) is 11.9 Å². The number of benzene rings is 1. The largest absolute Gasteiger partial charge is 0.493 e. The van der Waals surface area contributed by atoms with Crippen molar-refractivity contribution in [3.63, 3.8) is 0 Å². The van der Waals surface area contributed by atoms with Crippen molar-refractivity contribution in [3.8, 4) is 5.75 Å². The van der Waals surface area contributed by atoms with E-state index in [0.717, 1.165) is 30.8 Å². The maximum atomic E-state index is 10.0. The van der Waals surface area contributed by atoms with Gasteiger partial charge in [-0.2, -0.15) is 0 Å². The summed E-state index contributed by atoms with van der Waals surface area (Å²) < 4.78 is 10.9. The third kappa shape index (κ3) is 2.36. The Hall–Kier alpha value is -1.06. The fraction of sp³-hybridized carbons (Fsp3) is 0.538. The normalized spacial score (nSPS) is 15.6. The highest BCUT2D eigenvalue weighted by Gasteiger charge is 2.20. The SMILES string of the molecule is CCCOCC(O)c1cccc2c1OCC2. The topological polar surface area (TPSA) is 38.7 Å². The lowest BCUT2D eigenvalue weighted by Gasteiger charge is -2.14. The second-order valence-electron chi connectivity index (χ2n) is 4.02. The summed E-state index contributed by atoms with van der Waals surface area (Å²) in [6.07, 6.45) is 1.32. The smallest absolute Gasteiger partial charge is 0.128 e. The number of hydrogen-bond acceptors (Lipinski definition) is 3. The fourth-order valence-electron chi connectivity index (χ4n) is 1.93. The molecule has 0 amide bonds. The number of aliphatic hydroxyl groups is 1. The van der Waals surface area contributed by atoms with Crippen molar-refractivity contribution in [3.05, 3.63) is 29.3 Å². The van der Waals surface area contributed by atoms with Gasteiger partial charge in [0.05, 0.1) is 13.2 Å². The zero-order chi connectivity index (χ0) is 11.4. The van der Waals surface area contributed by atoms with Crippen molar-refractivity contribution in [2.45, 2.75) is 25.9 Å².